The molecule has 3 nitrogen and oxygen atoms in total. The van der Waals surface area contributed by atoms with Crippen LogP contribution < -0.4 is 0 Å². The molecule has 11 atom stereocenters. The average molecular weight is 459 g/mol. The van der Waals surface area contributed by atoms with Crippen molar-refractivity contribution in [1.29, 1.82) is 0 Å². The first-order valence-corrected chi connectivity index (χ1v) is 13.9. The Kier molecular flexibility index (Phi) is 5.40. The van der Waals surface area contributed by atoms with Crippen LogP contribution in [0.3, 0.4) is 0 Å². The minimum atomic E-state index is -0.435. The lowest BCUT2D eigenvalue weighted by atomic mass is 9.31. The van der Waals surface area contributed by atoms with Gasteiger partial charge in [0.1, 0.15) is 0 Å². The molecule has 0 heterocycles. The molecule has 5 aliphatic carbocycles. The molecule has 5 saturated carbocycles. The van der Waals surface area contributed by atoms with Crippen LogP contribution in [-0.2, 0) is 0 Å². The van der Waals surface area contributed by atoms with E-state index in [1.165, 1.54) is 31.3 Å². The standard InChI is InChI=1S/C30H50O3/c1-18-10-15-30(17-31)24(33)16-29(7)20(25(30)19(18)2)8-9-22-27(5)13-12-23(32)26(3,4)21(27)11-14-28(22,29)6/h19-25,31-33H,1,8-17H2,2-7H3/t19-,20-,21-,22-,23+,24+,25-,27+,28-,29-,30+/m1/s1. The molecule has 0 aromatic heterocycles. The van der Waals surface area contributed by atoms with Crippen molar-refractivity contribution < 1.29 is 15.3 Å². The number of hydrogen-bond donors (Lipinski definition) is 3. The first kappa shape index (κ1) is 24.3. The highest BCUT2D eigenvalue weighted by molar-refractivity contribution is 5.23. The van der Waals surface area contributed by atoms with E-state index in [-0.39, 0.29) is 39.8 Å². The summed E-state index contributed by atoms with van der Waals surface area (Å²) in [6.07, 6.45) is 8.91. The number of allylic oxidation sites excluding steroid dienone is 1. The van der Waals surface area contributed by atoms with Crippen molar-refractivity contribution in [1.82, 2.24) is 0 Å². The SMILES string of the molecule is C=C1CC[C@@]2(CO)[C@H]([C@@H]1C)[C@H]1CC[C@@H]3[C@@]4(C)CC[C@H](O)C(C)(C)[C@H]4CC[C@@]3(C)[C@]1(C)C[C@@H]2O. The number of aliphatic hydroxyl groups is 3. The van der Waals surface area contributed by atoms with Gasteiger partial charge in [-0.1, -0.05) is 53.7 Å². The van der Waals surface area contributed by atoms with Crippen molar-refractivity contribution in [3.8, 4) is 0 Å². The molecule has 0 aliphatic heterocycles. The summed E-state index contributed by atoms with van der Waals surface area (Å²) in [6.45, 7) is 19.1. The Balaban J connectivity index is 1.58. The molecule has 33 heavy (non-hydrogen) atoms. The summed E-state index contributed by atoms with van der Waals surface area (Å²) >= 11 is 0. The van der Waals surface area contributed by atoms with E-state index >= 15 is 0 Å². The van der Waals surface area contributed by atoms with Crippen LogP contribution in [0.5, 0.6) is 0 Å². The third-order valence-electron chi connectivity index (χ3n) is 13.7. The fraction of sp³-hybridized carbons (Fsp3) is 0.933. The minimum absolute atomic E-state index is 0.0279. The Hall–Kier alpha value is -0.380. The maximum absolute atomic E-state index is 11.8. The Labute approximate surface area is 202 Å². The highest BCUT2D eigenvalue weighted by Crippen LogP contribution is 2.76. The van der Waals surface area contributed by atoms with Crippen molar-refractivity contribution >= 4 is 0 Å². The summed E-state index contributed by atoms with van der Waals surface area (Å²) < 4.78 is 0. The molecule has 5 fully saturated rings. The smallest absolute Gasteiger partial charge is 0.0627 e. The van der Waals surface area contributed by atoms with Gasteiger partial charge in [-0.25, -0.2) is 0 Å². The van der Waals surface area contributed by atoms with Crippen LogP contribution in [0.1, 0.15) is 99.3 Å². The summed E-state index contributed by atoms with van der Waals surface area (Å²) in [5.41, 5.74) is 1.44. The van der Waals surface area contributed by atoms with Crippen LogP contribution in [0.4, 0.5) is 0 Å². The molecule has 5 aliphatic rings. The molecular weight excluding hydrogens is 408 g/mol. The maximum atomic E-state index is 11.8. The molecule has 0 aromatic carbocycles. The lowest BCUT2D eigenvalue weighted by Gasteiger charge is -2.74. The molecule has 188 valence electrons. The Morgan fingerprint density at radius 3 is 2.21 bits per heavy atom. The van der Waals surface area contributed by atoms with E-state index in [2.05, 4.69) is 48.1 Å². The lowest BCUT2D eigenvalue weighted by molar-refractivity contribution is -0.276. The molecule has 5 rings (SSSR count). The van der Waals surface area contributed by atoms with Crippen molar-refractivity contribution in [3.05, 3.63) is 12.2 Å². The lowest BCUT2D eigenvalue weighted by Crippen LogP contribution is -2.70. The van der Waals surface area contributed by atoms with E-state index in [1.807, 2.05) is 0 Å². The minimum Gasteiger partial charge on any atom is -0.396 e. The molecule has 0 bridgehead atoms. The van der Waals surface area contributed by atoms with Gasteiger partial charge in [0.05, 0.1) is 18.8 Å². The van der Waals surface area contributed by atoms with Crippen molar-refractivity contribution in [2.45, 2.75) is 112 Å². The molecule has 0 radical (unpaired) electrons. The van der Waals surface area contributed by atoms with Gasteiger partial charge in [0, 0.05) is 5.41 Å². The van der Waals surface area contributed by atoms with Crippen LogP contribution in [0.25, 0.3) is 0 Å². The zero-order valence-corrected chi connectivity index (χ0v) is 22.2. The van der Waals surface area contributed by atoms with Crippen LogP contribution in [0.15, 0.2) is 12.2 Å². The number of hydrogen-bond acceptors (Lipinski definition) is 3. The molecule has 3 N–H and O–H groups in total. The normalized spacial score (nSPS) is 58.0. The van der Waals surface area contributed by atoms with E-state index in [0.29, 0.717) is 29.6 Å². The van der Waals surface area contributed by atoms with Gasteiger partial charge in [-0.2, -0.15) is 0 Å². The van der Waals surface area contributed by atoms with E-state index in [0.717, 1.165) is 32.1 Å². The Bertz CT molecular complexity index is 819. The predicted molar refractivity (Wildman–Crippen MR) is 133 cm³/mol. The molecule has 3 heteroatoms. The molecule has 0 saturated heterocycles. The van der Waals surface area contributed by atoms with Crippen LogP contribution in [-0.4, -0.2) is 34.1 Å². The third-order valence-corrected chi connectivity index (χ3v) is 13.7. The molecule has 0 spiro atoms. The quantitative estimate of drug-likeness (QED) is 0.424. The van der Waals surface area contributed by atoms with Crippen molar-refractivity contribution in [3.63, 3.8) is 0 Å². The van der Waals surface area contributed by atoms with Gasteiger partial charge in [-0.15, -0.1) is 0 Å². The molecule has 0 unspecified atom stereocenters. The maximum Gasteiger partial charge on any atom is 0.0627 e. The fourth-order valence-corrected chi connectivity index (χ4v) is 11.5. The second-order valence-electron chi connectivity index (χ2n) is 14.6. The third kappa shape index (κ3) is 2.80. The van der Waals surface area contributed by atoms with Crippen LogP contribution in [0.2, 0.25) is 0 Å². The number of rotatable bonds is 1. The van der Waals surface area contributed by atoms with E-state index in [9.17, 15) is 15.3 Å². The van der Waals surface area contributed by atoms with E-state index < -0.39 is 6.10 Å². The highest BCUT2D eigenvalue weighted by Gasteiger charge is 2.71. The van der Waals surface area contributed by atoms with Crippen molar-refractivity contribution in [2.24, 2.45) is 56.7 Å². The first-order chi connectivity index (χ1) is 15.3. The monoisotopic (exact) mass is 458 g/mol. The van der Waals surface area contributed by atoms with Crippen LogP contribution >= 0.6 is 0 Å². The topological polar surface area (TPSA) is 60.7 Å². The molecule has 0 amide bonds. The van der Waals surface area contributed by atoms with Gasteiger partial charge in [0.15, 0.2) is 0 Å². The Morgan fingerprint density at radius 2 is 1.55 bits per heavy atom. The second kappa shape index (κ2) is 7.32. The summed E-state index contributed by atoms with van der Waals surface area (Å²) in [6, 6.07) is 0. The predicted octanol–water partition coefficient (Wildman–Crippen LogP) is 5.97. The Morgan fingerprint density at radius 1 is 0.848 bits per heavy atom. The number of fused-ring (bicyclic) bond motifs is 7. The largest absolute Gasteiger partial charge is 0.396 e. The second-order valence-corrected chi connectivity index (χ2v) is 14.6. The highest BCUT2D eigenvalue weighted by atomic mass is 16.3. The zero-order chi connectivity index (χ0) is 24.2. The van der Waals surface area contributed by atoms with Gasteiger partial charge in [0.2, 0.25) is 0 Å². The summed E-state index contributed by atoms with van der Waals surface area (Å²) in [4.78, 5) is 0. The van der Waals surface area contributed by atoms with Gasteiger partial charge >= 0.3 is 0 Å². The van der Waals surface area contributed by atoms with Crippen LogP contribution in [0, 0.1) is 56.7 Å². The van der Waals surface area contributed by atoms with Crippen molar-refractivity contribution in [2.75, 3.05) is 6.61 Å². The van der Waals surface area contributed by atoms with E-state index in [1.54, 1.807) is 0 Å². The van der Waals surface area contributed by atoms with E-state index in [4.69, 9.17) is 0 Å². The van der Waals surface area contributed by atoms with Gasteiger partial charge in [-0.3, -0.25) is 0 Å². The van der Waals surface area contributed by atoms with Gasteiger partial charge in [-0.05, 0) is 109 Å². The van der Waals surface area contributed by atoms with Gasteiger partial charge in [0.25, 0.3) is 0 Å². The molecule has 0 aromatic rings. The van der Waals surface area contributed by atoms with Gasteiger partial charge < -0.3 is 15.3 Å². The number of aliphatic hydroxyl groups excluding tert-OH is 3. The summed E-state index contributed by atoms with van der Waals surface area (Å²) in [5, 5.41) is 33.3. The summed E-state index contributed by atoms with van der Waals surface area (Å²) in [5.74, 6) is 2.41. The zero-order valence-electron chi connectivity index (χ0n) is 22.2. The summed E-state index contributed by atoms with van der Waals surface area (Å²) in [7, 11) is 0. The molecular formula is C30H50O3. The fourth-order valence-electron chi connectivity index (χ4n) is 11.5. The first-order valence-electron chi connectivity index (χ1n) is 13.9. The average Bonchev–Trinajstić information content (AvgIpc) is 2.74.